The van der Waals surface area contributed by atoms with E-state index in [1.165, 1.54) is 22.0 Å². The number of aliphatic hydroxyl groups is 1. The van der Waals surface area contributed by atoms with Gasteiger partial charge in [-0.05, 0) is 38.1 Å². The Hall–Kier alpha value is -4.30. The van der Waals surface area contributed by atoms with Crippen molar-refractivity contribution in [1.29, 1.82) is 0 Å². The highest BCUT2D eigenvalue weighted by Gasteiger charge is 2.31. The predicted molar refractivity (Wildman–Crippen MR) is 125 cm³/mol. The molecule has 186 valence electrons. The highest BCUT2D eigenvalue weighted by molar-refractivity contribution is 6.02. The van der Waals surface area contributed by atoms with E-state index in [0.29, 0.717) is 17.0 Å². The lowest BCUT2D eigenvalue weighted by molar-refractivity contribution is -0.120. The number of rotatable bonds is 4. The topological polar surface area (TPSA) is 110 Å². The number of halogens is 2. The zero-order chi connectivity index (χ0) is 26.0. The highest BCUT2D eigenvalue weighted by Crippen LogP contribution is 2.31. The predicted octanol–water partition coefficient (Wildman–Crippen LogP) is 1.88. The van der Waals surface area contributed by atoms with Gasteiger partial charge in [-0.3, -0.25) is 9.59 Å². The summed E-state index contributed by atoms with van der Waals surface area (Å²) in [4.78, 5) is 31.0. The summed E-state index contributed by atoms with van der Waals surface area (Å²) >= 11 is 0. The standard InChI is InChI=1S/C25H23F2N5O4/c1-25(2,35)9-8-15-4-7-21-20(10-15)31(3)24(34)19(13-36-21)29-23(33)22-28-14-32(30-22)12-16-5-6-17(26)11-18(16)27/h4-7,10-11,14,19,35H,12-13H2,1-3H3,(H,29,33). The van der Waals surface area contributed by atoms with Crippen molar-refractivity contribution in [2.75, 3.05) is 18.6 Å². The summed E-state index contributed by atoms with van der Waals surface area (Å²) in [7, 11) is 1.55. The maximum atomic E-state index is 13.9. The molecule has 3 aromatic rings. The average Bonchev–Trinajstić information content (AvgIpc) is 3.25. The van der Waals surface area contributed by atoms with Crippen LogP contribution >= 0.6 is 0 Å². The SMILES string of the molecule is CN1C(=O)C(NC(=O)c2ncn(Cc3ccc(F)cc3F)n2)COc2ccc(C#CC(C)(C)O)cc21. The molecule has 4 rings (SSSR count). The Balaban J connectivity index is 1.46. The molecule has 2 heterocycles. The molecular weight excluding hydrogens is 472 g/mol. The number of benzene rings is 2. The van der Waals surface area contributed by atoms with Crippen LogP contribution in [0.4, 0.5) is 14.5 Å². The van der Waals surface area contributed by atoms with Crippen molar-refractivity contribution >= 4 is 17.5 Å². The fraction of sp³-hybridized carbons (Fsp3) is 0.280. The van der Waals surface area contributed by atoms with E-state index in [1.807, 2.05) is 0 Å². The van der Waals surface area contributed by atoms with Gasteiger partial charge in [-0.2, -0.15) is 0 Å². The highest BCUT2D eigenvalue weighted by atomic mass is 19.1. The summed E-state index contributed by atoms with van der Waals surface area (Å²) in [6, 6.07) is 7.16. The van der Waals surface area contributed by atoms with Crippen LogP contribution in [0.25, 0.3) is 0 Å². The lowest BCUT2D eigenvalue weighted by atomic mass is 10.1. The first-order valence-corrected chi connectivity index (χ1v) is 10.9. The average molecular weight is 495 g/mol. The number of nitrogens with one attached hydrogen (secondary N) is 1. The van der Waals surface area contributed by atoms with Gasteiger partial charge in [-0.25, -0.2) is 18.4 Å². The number of likely N-dealkylation sites (N-methyl/N-ethyl adjacent to an activating group) is 1. The van der Waals surface area contributed by atoms with Gasteiger partial charge >= 0.3 is 0 Å². The minimum atomic E-state index is -1.17. The van der Waals surface area contributed by atoms with E-state index in [2.05, 4.69) is 27.2 Å². The minimum Gasteiger partial charge on any atom is -0.489 e. The number of fused-ring (bicyclic) bond motifs is 1. The van der Waals surface area contributed by atoms with Crippen molar-refractivity contribution < 1.29 is 28.2 Å². The number of amides is 2. The molecule has 1 aliphatic heterocycles. The zero-order valence-electron chi connectivity index (χ0n) is 19.7. The molecule has 11 heteroatoms. The Morgan fingerprint density at radius 1 is 1.28 bits per heavy atom. The van der Waals surface area contributed by atoms with Crippen molar-refractivity contribution in [3.63, 3.8) is 0 Å². The number of carbonyl (C=O) groups is 2. The molecule has 0 fully saturated rings. The van der Waals surface area contributed by atoms with Crippen LogP contribution in [0.3, 0.4) is 0 Å². The minimum absolute atomic E-state index is 0.0609. The normalized spacial score (nSPS) is 15.3. The van der Waals surface area contributed by atoms with Gasteiger partial charge < -0.3 is 20.1 Å². The molecule has 0 radical (unpaired) electrons. The van der Waals surface area contributed by atoms with E-state index in [4.69, 9.17) is 4.74 Å². The monoisotopic (exact) mass is 495 g/mol. The van der Waals surface area contributed by atoms with Gasteiger partial charge in [0.1, 0.15) is 42.0 Å². The maximum absolute atomic E-state index is 13.9. The van der Waals surface area contributed by atoms with Gasteiger partial charge in [0.25, 0.3) is 11.8 Å². The van der Waals surface area contributed by atoms with Crippen LogP contribution in [-0.4, -0.2) is 57.0 Å². The van der Waals surface area contributed by atoms with Crippen LogP contribution < -0.4 is 15.0 Å². The molecule has 2 N–H and O–H groups in total. The number of anilines is 1. The lowest BCUT2D eigenvalue weighted by Crippen LogP contribution is -2.49. The van der Waals surface area contributed by atoms with Crippen LogP contribution in [0, 0.1) is 23.5 Å². The molecule has 2 aromatic carbocycles. The molecule has 36 heavy (non-hydrogen) atoms. The lowest BCUT2D eigenvalue weighted by Gasteiger charge is -2.20. The van der Waals surface area contributed by atoms with E-state index >= 15 is 0 Å². The quantitative estimate of drug-likeness (QED) is 0.535. The third kappa shape index (κ3) is 5.67. The van der Waals surface area contributed by atoms with E-state index < -0.39 is 35.1 Å². The first-order valence-electron chi connectivity index (χ1n) is 10.9. The van der Waals surface area contributed by atoms with Crippen molar-refractivity contribution in [3.05, 3.63) is 71.3 Å². The number of aromatic nitrogens is 3. The second-order valence-corrected chi connectivity index (χ2v) is 8.73. The summed E-state index contributed by atoms with van der Waals surface area (Å²) < 4.78 is 34.0. The summed E-state index contributed by atoms with van der Waals surface area (Å²) in [5, 5.41) is 16.4. The van der Waals surface area contributed by atoms with Gasteiger partial charge in [0.05, 0.1) is 12.2 Å². The van der Waals surface area contributed by atoms with Crippen molar-refractivity contribution in [3.8, 4) is 17.6 Å². The Labute approximate surface area is 205 Å². The van der Waals surface area contributed by atoms with Crippen LogP contribution in [0.2, 0.25) is 0 Å². The largest absolute Gasteiger partial charge is 0.489 e. The van der Waals surface area contributed by atoms with E-state index in [-0.39, 0.29) is 24.5 Å². The van der Waals surface area contributed by atoms with E-state index in [0.717, 1.165) is 12.1 Å². The van der Waals surface area contributed by atoms with Gasteiger partial charge in [-0.15, -0.1) is 5.10 Å². The van der Waals surface area contributed by atoms with Gasteiger partial charge in [-0.1, -0.05) is 17.9 Å². The summed E-state index contributed by atoms with van der Waals surface area (Å²) in [5.41, 5.74) is 0.0396. The van der Waals surface area contributed by atoms with E-state index in [9.17, 15) is 23.5 Å². The Morgan fingerprint density at radius 2 is 2.06 bits per heavy atom. The van der Waals surface area contributed by atoms with Crippen LogP contribution in [0.5, 0.6) is 5.75 Å². The molecule has 2 amide bonds. The molecule has 9 nitrogen and oxygen atoms in total. The Kier molecular flexibility index (Phi) is 6.72. The molecule has 1 atom stereocenters. The summed E-state index contributed by atoms with van der Waals surface area (Å²) in [6.45, 7) is 2.94. The van der Waals surface area contributed by atoms with Gasteiger partial charge in [0, 0.05) is 24.2 Å². The zero-order valence-corrected chi connectivity index (χ0v) is 19.7. The molecule has 1 aliphatic rings. The fourth-order valence-electron chi connectivity index (χ4n) is 3.43. The molecule has 1 aromatic heterocycles. The molecule has 0 aliphatic carbocycles. The van der Waals surface area contributed by atoms with Crippen molar-refractivity contribution in [1.82, 2.24) is 20.1 Å². The smallest absolute Gasteiger partial charge is 0.291 e. The van der Waals surface area contributed by atoms with E-state index in [1.54, 1.807) is 39.1 Å². The number of hydrogen-bond acceptors (Lipinski definition) is 6. The van der Waals surface area contributed by atoms with Gasteiger partial charge in [0.2, 0.25) is 5.82 Å². The summed E-state index contributed by atoms with van der Waals surface area (Å²) in [5.74, 6) is 3.19. The number of nitrogens with zero attached hydrogens (tertiary/aromatic N) is 4. The third-order valence-corrected chi connectivity index (χ3v) is 5.26. The number of ether oxygens (including phenoxy) is 1. The third-order valence-electron chi connectivity index (χ3n) is 5.26. The Morgan fingerprint density at radius 3 is 2.78 bits per heavy atom. The molecule has 0 spiro atoms. The number of carbonyl (C=O) groups excluding carboxylic acids is 2. The summed E-state index contributed by atoms with van der Waals surface area (Å²) in [6.07, 6.45) is 1.24. The first-order chi connectivity index (χ1) is 17.0. The second-order valence-electron chi connectivity index (χ2n) is 8.73. The van der Waals surface area contributed by atoms with Gasteiger partial charge in [0.15, 0.2) is 0 Å². The van der Waals surface area contributed by atoms with Crippen LogP contribution in [0.1, 0.15) is 35.6 Å². The second kappa shape index (κ2) is 9.75. The van der Waals surface area contributed by atoms with Crippen LogP contribution in [-0.2, 0) is 11.3 Å². The Bertz CT molecular complexity index is 1390. The molecule has 0 saturated heterocycles. The fourth-order valence-corrected chi connectivity index (χ4v) is 3.43. The molecular formula is C25H23F2N5O4. The maximum Gasteiger partial charge on any atom is 0.291 e. The molecule has 0 saturated carbocycles. The molecule has 0 bridgehead atoms. The van der Waals surface area contributed by atoms with Crippen molar-refractivity contribution in [2.45, 2.75) is 32.0 Å². The van der Waals surface area contributed by atoms with Crippen molar-refractivity contribution in [2.24, 2.45) is 0 Å². The van der Waals surface area contributed by atoms with Crippen LogP contribution in [0.15, 0.2) is 42.7 Å². The first kappa shape index (κ1) is 24.8. The molecule has 1 unspecified atom stereocenters. The number of hydrogen-bond donors (Lipinski definition) is 2.